The monoisotopic (exact) mass is 256 g/mol. The fourth-order valence-electron chi connectivity index (χ4n) is 1.88. The molecule has 4 heteroatoms. The summed E-state index contributed by atoms with van der Waals surface area (Å²) in [7, 11) is 0. The molecule has 1 aromatic carbocycles. The van der Waals surface area contributed by atoms with E-state index in [1.807, 2.05) is 42.5 Å². The Hall–Kier alpha value is -1.90. The van der Waals surface area contributed by atoms with Crippen LogP contribution in [-0.2, 0) is 4.79 Å². The molecule has 0 fully saturated rings. The molecule has 0 aliphatic heterocycles. The van der Waals surface area contributed by atoms with Crippen molar-refractivity contribution in [3.63, 3.8) is 0 Å². The lowest BCUT2D eigenvalue weighted by Gasteiger charge is -2.13. The van der Waals surface area contributed by atoms with Gasteiger partial charge in [0, 0.05) is 17.9 Å². The summed E-state index contributed by atoms with van der Waals surface area (Å²) < 4.78 is 0. The normalized spacial score (nSPS) is 17.6. The van der Waals surface area contributed by atoms with Crippen molar-refractivity contribution in [2.45, 2.75) is 17.7 Å². The highest BCUT2D eigenvalue weighted by Gasteiger charge is 2.24. The van der Waals surface area contributed by atoms with Gasteiger partial charge in [-0.2, -0.15) is 4.79 Å². The topological polar surface area (TPSA) is 53.5 Å². The Kier molecular flexibility index (Phi) is 3.92. The van der Waals surface area contributed by atoms with Gasteiger partial charge in [-0.1, -0.05) is 48.2 Å². The molecular weight excluding hydrogens is 244 g/mol. The van der Waals surface area contributed by atoms with Gasteiger partial charge in [-0.25, -0.2) is 0 Å². The van der Waals surface area contributed by atoms with Crippen LogP contribution in [0.25, 0.3) is 5.53 Å². The second kappa shape index (κ2) is 5.63. The van der Waals surface area contributed by atoms with Gasteiger partial charge in [0.05, 0.1) is 0 Å². The molecule has 0 N–H and O–H groups in total. The summed E-state index contributed by atoms with van der Waals surface area (Å²) >= 11 is 1.20. The summed E-state index contributed by atoms with van der Waals surface area (Å²) in [5.41, 5.74) is 10.6. The van der Waals surface area contributed by atoms with E-state index in [1.165, 1.54) is 11.8 Å². The number of hydrogen-bond acceptors (Lipinski definition) is 2. The molecule has 0 saturated carbocycles. The molecule has 18 heavy (non-hydrogen) atoms. The highest BCUT2D eigenvalue weighted by Crippen LogP contribution is 2.31. The molecule has 3 nitrogen and oxygen atoms in total. The Morgan fingerprint density at radius 2 is 2.11 bits per heavy atom. The van der Waals surface area contributed by atoms with E-state index in [-0.39, 0.29) is 11.0 Å². The first-order chi connectivity index (χ1) is 8.72. The van der Waals surface area contributed by atoms with Crippen molar-refractivity contribution >= 4 is 22.6 Å². The molecule has 0 spiro atoms. The molecule has 2 rings (SSSR count). The van der Waals surface area contributed by atoms with E-state index in [0.29, 0.717) is 5.71 Å². The largest absolute Gasteiger partial charge is 0.361 e. The molecule has 90 valence electrons. The van der Waals surface area contributed by atoms with E-state index in [1.54, 1.807) is 13.0 Å². The van der Waals surface area contributed by atoms with E-state index in [4.69, 9.17) is 5.53 Å². The minimum Gasteiger partial charge on any atom is -0.361 e. The van der Waals surface area contributed by atoms with E-state index >= 15 is 0 Å². The van der Waals surface area contributed by atoms with Crippen molar-refractivity contribution in [2.75, 3.05) is 0 Å². The molecular formula is C14H12N2OS. The first-order valence-corrected chi connectivity index (χ1v) is 6.38. The fraction of sp³-hybridized carbons (Fsp3) is 0.143. The number of allylic oxidation sites excluding steroid dienone is 4. The van der Waals surface area contributed by atoms with Crippen molar-refractivity contribution < 1.29 is 9.58 Å². The van der Waals surface area contributed by atoms with Gasteiger partial charge in [0.2, 0.25) is 0 Å². The zero-order valence-corrected chi connectivity index (χ0v) is 10.7. The Balaban J connectivity index is 2.44. The highest BCUT2D eigenvalue weighted by atomic mass is 32.2. The van der Waals surface area contributed by atoms with Crippen LogP contribution in [0.3, 0.4) is 0 Å². The van der Waals surface area contributed by atoms with Crippen molar-refractivity contribution in [3.8, 4) is 0 Å². The average Bonchev–Trinajstić information content (AvgIpc) is 2.39. The number of nitrogens with zero attached hydrogens (tertiary/aromatic N) is 2. The third-order valence-corrected chi connectivity index (χ3v) is 3.50. The molecule has 0 radical (unpaired) electrons. The lowest BCUT2D eigenvalue weighted by Crippen LogP contribution is -2.12. The quantitative estimate of drug-likeness (QED) is 0.463. The van der Waals surface area contributed by atoms with E-state index < -0.39 is 0 Å². The molecule has 1 aromatic rings. The van der Waals surface area contributed by atoms with Crippen molar-refractivity contribution in [1.82, 2.24) is 0 Å². The number of carbonyl (C=O) groups excluding carboxylic acids is 1. The molecule has 0 heterocycles. The second-order valence-corrected chi connectivity index (χ2v) is 5.10. The number of rotatable bonds is 2. The zero-order valence-electron chi connectivity index (χ0n) is 9.91. The minimum atomic E-state index is -0.108. The number of thioether (sulfide) groups is 1. The first kappa shape index (κ1) is 12.6. The van der Waals surface area contributed by atoms with Crippen LogP contribution in [0.2, 0.25) is 0 Å². The predicted octanol–water partition coefficient (Wildman–Crippen LogP) is 3.21. The smallest absolute Gasteiger partial charge is 0.303 e. The molecule has 1 atom stereocenters. The maximum atomic E-state index is 11.3. The van der Waals surface area contributed by atoms with Gasteiger partial charge in [-0.05, 0) is 11.6 Å². The highest BCUT2D eigenvalue weighted by molar-refractivity contribution is 8.13. The maximum Gasteiger partial charge on any atom is 0.303 e. The Morgan fingerprint density at radius 3 is 2.83 bits per heavy atom. The number of benzene rings is 1. The Labute approximate surface area is 110 Å². The molecule has 1 aliphatic carbocycles. The molecule has 0 amide bonds. The van der Waals surface area contributed by atoms with Crippen LogP contribution >= 0.6 is 11.8 Å². The summed E-state index contributed by atoms with van der Waals surface area (Å²) in [6.07, 6.45) is 7.45. The number of carbonyl (C=O) groups is 1. The van der Waals surface area contributed by atoms with Crippen LogP contribution in [0, 0.1) is 0 Å². The van der Waals surface area contributed by atoms with Gasteiger partial charge in [0.15, 0.2) is 5.12 Å². The van der Waals surface area contributed by atoms with Gasteiger partial charge in [0.1, 0.15) is 5.92 Å². The van der Waals surface area contributed by atoms with Crippen LogP contribution in [0.4, 0.5) is 0 Å². The van der Waals surface area contributed by atoms with E-state index in [2.05, 4.69) is 4.79 Å². The molecule has 1 unspecified atom stereocenters. The summed E-state index contributed by atoms with van der Waals surface area (Å²) in [5, 5.41) is 0.0419. The Bertz CT molecular complexity index is 583. The van der Waals surface area contributed by atoms with Crippen LogP contribution in [0.15, 0.2) is 53.5 Å². The molecule has 1 aliphatic rings. The molecule has 0 aromatic heterocycles. The third kappa shape index (κ3) is 2.67. The zero-order chi connectivity index (χ0) is 13.0. The van der Waals surface area contributed by atoms with E-state index in [9.17, 15) is 4.79 Å². The minimum absolute atomic E-state index is 0.0419. The van der Waals surface area contributed by atoms with Gasteiger partial charge in [-0.15, -0.1) is 0 Å². The fourth-order valence-corrected chi connectivity index (χ4v) is 2.64. The van der Waals surface area contributed by atoms with Gasteiger partial charge in [-0.3, -0.25) is 4.79 Å². The molecule has 0 bridgehead atoms. The van der Waals surface area contributed by atoms with Crippen LogP contribution in [-0.4, -0.2) is 15.6 Å². The average molecular weight is 256 g/mol. The summed E-state index contributed by atoms with van der Waals surface area (Å²) in [5.74, 6) is -0.108. The predicted molar refractivity (Wildman–Crippen MR) is 72.6 cm³/mol. The van der Waals surface area contributed by atoms with E-state index in [0.717, 1.165) is 10.5 Å². The van der Waals surface area contributed by atoms with Gasteiger partial charge in [0.25, 0.3) is 0 Å². The van der Waals surface area contributed by atoms with Gasteiger partial charge < -0.3 is 5.53 Å². The van der Waals surface area contributed by atoms with Crippen molar-refractivity contribution in [1.29, 1.82) is 0 Å². The van der Waals surface area contributed by atoms with Crippen LogP contribution < -0.4 is 0 Å². The SMILES string of the molecule is CC(=O)Sc1ccccc1C1C=CC=CC1=[N+]=[N-]. The van der Waals surface area contributed by atoms with Crippen LogP contribution in [0.1, 0.15) is 18.4 Å². The first-order valence-electron chi connectivity index (χ1n) is 5.56. The van der Waals surface area contributed by atoms with Crippen molar-refractivity contribution in [3.05, 3.63) is 59.7 Å². The maximum absolute atomic E-state index is 11.3. The second-order valence-electron chi connectivity index (χ2n) is 3.88. The molecule has 0 saturated heterocycles. The van der Waals surface area contributed by atoms with Gasteiger partial charge >= 0.3 is 5.71 Å². The summed E-state index contributed by atoms with van der Waals surface area (Å²) in [4.78, 5) is 15.5. The Morgan fingerprint density at radius 1 is 1.33 bits per heavy atom. The third-order valence-electron chi connectivity index (χ3n) is 2.62. The van der Waals surface area contributed by atoms with Crippen LogP contribution in [0.5, 0.6) is 0 Å². The summed E-state index contributed by atoms with van der Waals surface area (Å²) in [6, 6.07) is 7.67. The lowest BCUT2D eigenvalue weighted by molar-refractivity contribution is -0.109. The summed E-state index contributed by atoms with van der Waals surface area (Å²) in [6.45, 7) is 1.54. The number of hydrogen-bond donors (Lipinski definition) is 0. The van der Waals surface area contributed by atoms with Crippen molar-refractivity contribution in [2.24, 2.45) is 0 Å². The standard InChI is InChI=1S/C14H12N2OS/c1-10(17)18-14-9-5-3-7-12(14)11-6-2-4-8-13(11)16-15/h2-9,11H,1H3. The lowest BCUT2D eigenvalue weighted by atomic mass is 9.91.